The maximum Gasteiger partial charge on any atom is 0.264 e. The van der Waals surface area contributed by atoms with Gasteiger partial charge in [0, 0.05) is 18.7 Å². The number of amides is 2. The summed E-state index contributed by atoms with van der Waals surface area (Å²) in [5.74, 6) is -0.224. The summed E-state index contributed by atoms with van der Waals surface area (Å²) in [5, 5.41) is 3.13. The fourth-order valence-corrected chi connectivity index (χ4v) is 6.68. The van der Waals surface area contributed by atoms with E-state index in [1.54, 1.807) is 43.3 Å². The van der Waals surface area contributed by atoms with Crippen LogP contribution in [0.2, 0.25) is 0 Å². The Labute approximate surface area is 249 Å². The van der Waals surface area contributed by atoms with Crippen molar-refractivity contribution in [3.05, 3.63) is 90.0 Å². The van der Waals surface area contributed by atoms with Crippen LogP contribution >= 0.6 is 0 Å². The van der Waals surface area contributed by atoms with Crippen molar-refractivity contribution in [2.45, 2.75) is 69.4 Å². The number of hydrogen-bond acceptors (Lipinski definition) is 5. The molecule has 0 radical (unpaired) electrons. The number of nitrogens with zero attached hydrogens (tertiary/aromatic N) is 2. The third-order valence-corrected chi connectivity index (χ3v) is 9.62. The normalized spacial score (nSPS) is 14.5. The molecule has 9 heteroatoms. The van der Waals surface area contributed by atoms with Gasteiger partial charge in [-0.2, -0.15) is 0 Å². The summed E-state index contributed by atoms with van der Waals surface area (Å²) < 4.78 is 34.4. The number of carbonyl (C=O) groups excluding carboxylic acids is 2. The molecule has 0 aliphatic heterocycles. The minimum absolute atomic E-state index is 0.0719. The molecule has 8 nitrogen and oxygen atoms in total. The van der Waals surface area contributed by atoms with Crippen LogP contribution in [0, 0.1) is 6.92 Å². The average Bonchev–Trinajstić information content (AvgIpc) is 3.01. The van der Waals surface area contributed by atoms with Crippen LogP contribution in [0.15, 0.2) is 83.8 Å². The summed E-state index contributed by atoms with van der Waals surface area (Å²) in [6, 6.07) is 22.2. The molecule has 1 aliphatic carbocycles. The number of aryl methyl sites for hydroxylation is 1. The summed E-state index contributed by atoms with van der Waals surface area (Å²) in [4.78, 5) is 29.1. The van der Waals surface area contributed by atoms with Crippen molar-refractivity contribution in [2.24, 2.45) is 0 Å². The molecule has 0 heterocycles. The lowest BCUT2D eigenvalue weighted by molar-refractivity contribution is -0.139. The Kier molecular flexibility index (Phi) is 10.6. The van der Waals surface area contributed by atoms with E-state index in [0.717, 1.165) is 41.1 Å². The van der Waals surface area contributed by atoms with Gasteiger partial charge < -0.3 is 15.0 Å². The van der Waals surface area contributed by atoms with Gasteiger partial charge in [0.05, 0.1) is 17.7 Å². The lowest BCUT2D eigenvalue weighted by Crippen LogP contribution is -2.53. The molecule has 1 N–H and O–H groups in total. The van der Waals surface area contributed by atoms with Crippen LogP contribution in [0.25, 0.3) is 0 Å². The summed E-state index contributed by atoms with van der Waals surface area (Å²) in [6.45, 7) is 3.38. The highest BCUT2D eigenvalue weighted by atomic mass is 32.2. The predicted octanol–water partition coefficient (Wildman–Crippen LogP) is 5.11. The number of nitrogens with one attached hydrogen (secondary N) is 1. The number of hydrogen-bond donors (Lipinski definition) is 1. The van der Waals surface area contributed by atoms with Gasteiger partial charge in [0.15, 0.2) is 0 Å². The van der Waals surface area contributed by atoms with Crippen molar-refractivity contribution in [3.63, 3.8) is 0 Å². The molecule has 224 valence electrons. The number of sulfonamides is 1. The van der Waals surface area contributed by atoms with E-state index in [4.69, 9.17) is 4.74 Å². The van der Waals surface area contributed by atoms with Crippen LogP contribution in [0.3, 0.4) is 0 Å². The predicted molar refractivity (Wildman–Crippen MR) is 165 cm³/mol. The van der Waals surface area contributed by atoms with Gasteiger partial charge in [0.1, 0.15) is 18.3 Å². The molecule has 1 atom stereocenters. The molecule has 1 saturated carbocycles. The van der Waals surface area contributed by atoms with Crippen LogP contribution in [0.1, 0.15) is 50.2 Å². The second-order valence-electron chi connectivity index (χ2n) is 10.9. The Balaban J connectivity index is 1.65. The maximum atomic E-state index is 14.1. The molecule has 3 aromatic carbocycles. The molecule has 0 spiro atoms. The van der Waals surface area contributed by atoms with Crippen LogP contribution < -0.4 is 14.4 Å². The first-order chi connectivity index (χ1) is 20.2. The molecule has 0 aromatic heterocycles. The van der Waals surface area contributed by atoms with E-state index in [9.17, 15) is 18.0 Å². The van der Waals surface area contributed by atoms with Crippen molar-refractivity contribution in [3.8, 4) is 5.75 Å². The van der Waals surface area contributed by atoms with E-state index in [1.807, 2.05) is 37.3 Å². The molecular formula is C33H41N3O5S. The fraction of sp³-hybridized carbons (Fsp3) is 0.394. The molecule has 42 heavy (non-hydrogen) atoms. The monoisotopic (exact) mass is 591 g/mol. The minimum atomic E-state index is -4.13. The standard InChI is InChI=1S/C33H41N3O5S/c1-25-17-19-31(20-18-25)42(39,40)36(29-15-10-16-30(23-29)41-3)24-32(37)35(22-21-27-11-6-4-7-12-27)26(2)33(38)34-28-13-8-5-9-14-28/h4,6-7,10-12,15-20,23,26,28H,5,8-9,13-14,21-22,24H2,1-3H3,(H,34,38). The zero-order valence-corrected chi connectivity index (χ0v) is 25.5. The number of anilines is 1. The van der Waals surface area contributed by atoms with E-state index in [2.05, 4.69) is 5.32 Å². The van der Waals surface area contributed by atoms with Gasteiger partial charge >= 0.3 is 0 Å². The number of carbonyl (C=O) groups is 2. The molecular weight excluding hydrogens is 550 g/mol. The third-order valence-electron chi connectivity index (χ3n) is 7.83. The Bertz CT molecular complexity index is 1440. The van der Waals surface area contributed by atoms with E-state index < -0.39 is 28.5 Å². The second kappa shape index (κ2) is 14.4. The highest BCUT2D eigenvalue weighted by Gasteiger charge is 2.33. The van der Waals surface area contributed by atoms with Crippen LogP contribution in [0.5, 0.6) is 5.75 Å². The molecule has 4 rings (SSSR count). The average molecular weight is 592 g/mol. The van der Waals surface area contributed by atoms with E-state index >= 15 is 0 Å². The van der Waals surface area contributed by atoms with Crippen molar-refractivity contribution >= 4 is 27.5 Å². The van der Waals surface area contributed by atoms with Crippen LogP contribution in [0.4, 0.5) is 5.69 Å². The first kappa shape index (κ1) is 31.1. The highest BCUT2D eigenvalue weighted by Crippen LogP contribution is 2.28. The number of ether oxygens (including phenoxy) is 1. The maximum absolute atomic E-state index is 14.1. The number of benzene rings is 3. The van der Waals surface area contributed by atoms with Crippen molar-refractivity contribution in [2.75, 3.05) is 24.5 Å². The SMILES string of the molecule is COc1cccc(N(CC(=O)N(CCc2ccccc2)C(C)C(=O)NC2CCCCC2)S(=O)(=O)c2ccc(C)cc2)c1. The summed E-state index contributed by atoms with van der Waals surface area (Å²) in [7, 11) is -2.63. The van der Waals surface area contributed by atoms with Crippen molar-refractivity contribution in [1.82, 2.24) is 10.2 Å². The molecule has 2 amide bonds. The molecule has 0 bridgehead atoms. The zero-order valence-electron chi connectivity index (χ0n) is 24.7. The number of rotatable bonds is 12. The second-order valence-corrected chi connectivity index (χ2v) is 12.7. The largest absolute Gasteiger partial charge is 0.497 e. The van der Waals surface area contributed by atoms with E-state index in [1.165, 1.54) is 30.6 Å². The van der Waals surface area contributed by atoms with Gasteiger partial charge in [0.25, 0.3) is 10.0 Å². The number of methoxy groups -OCH3 is 1. The Hall–Kier alpha value is -3.85. The molecule has 3 aromatic rings. The third kappa shape index (κ3) is 7.91. The molecule has 0 saturated heterocycles. The van der Waals surface area contributed by atoms with Gasteiger partial charge in [-0.25, -0.2) is 8.42 Å². The summed E-state index contributed by atoms with van der Waals surface area (Å²) in [5.41, 5.74) is 2.24. The zero-order chi connectivity index (χ0) is 30.1. The van der Waals surface area contributed by atoms with Crippen molar-refractivity contribution in [1.29, 1.82) is 0 Å². The van der Waals surface area contributed by atoms with Crippen LogP contribution in [-0.2, 0) is 26.0 Å². The van der Waals surface area contributed by atoms with Gasteiger partial charge in [-0.1, -0.05) is 73.4 Å². The topological polar surface area (TPSA) is 96.0 Å². The quantitative estimate of drug-likeness (QED) is 0.316. The molecule has 1 unspecified atom stereocenters. The van der Waals surface area contributed by atoms with Gasteiger partial charge in [0.2, 0.25) is 11.8 Å². The van der Waals surface area contributed by atoms with Crippen LogP contribution in [-0.4, -0.2) is 57.4 Å². The Morgan fingerprint density at radius 2 is 1.64 bits per heavy atom. The van der Waals surface area contributed by atoms with Gasteiger partial charge in [-0.05, 0) is 62.9 Å². The van der Waals surface area contributed by atoms with E-state index in [0.29, 0.717) is 17.9 Å². The molecule has 1 aliphatic rings. The fourth-order valence-electron chi connectivity index (χ4n) is 5.27. The summed E-state index contributed by atoms with van der Waals surface area (Å²) >= 11 is 0. The van der Waals surface area contributed by atoms with Gasteiger partial charge in [-0.15, -0.1) is 0 Å². The Morgan fingerprint density at radius 3 is 2.31 bits per heavy atom. The van der Waals surface area contributed by atoms with Gasteiger partial charge in [-0.3, -0.25) is 13.9 Å². The van der Waals surface area contributed by atoms with E-state index in [-0.39, 0.29) is 23.4 Å². The molecule has 1 fully saturated rings. The lowest BCUT2D eigenvalue weighted by Gasteiger charge is -2.33. The lowest BCUT2D eigenvalue weighted by atomic mass is 9.95. The Morgan fingerprint density at radius 1 is 0.952 bits per heavy atom. The smallest absolute Gasteiger partial charge is 0.264 e. The highest BCUT2D eigenvalue weighted by molar-refractivity contribution is 7.92. The summed E-state index contributed by atoms with van der Waals surface area (Å²) in [6.07, 6.45) is 5.69. The first-order valence-electron chi connectivity index (χ1n) is 14.6. The minimum Gasteiger partial charge on any atom is -0.497 e. The first-order valence-corrected chi connectivity index (χ1v) is 16.0. The van der Waals surface area contributed by atoms with Crippen molar-refractivity contribution < 1.29 is 22.7 Å².